The molecule has 2 aromatic rings. The molecule has 0 saturated heterocycles. The van der Waals surface area contributed by atoms with Gasteiger partial charge in [-0.1, -0.05) is 25.1 Å². The summed E-state index contributed by atoms with van der Waals surface area (Å²) in [6, 6.07) is 9.79. The Morgan fingerprint density at radius 1 is 1.37 bits per heavy atom. The maximum Gasteiger partial charge on any atom is 0.162 e. The van der Waals surface area contributed by atoms with Crippen molar-refractivity contribution < 1.29 is 4.74 Å². The van der Waals surface area contributed by atoms with E-state index in [0.29, 0.717) is 18.1 Å². The average molecular weight is 276 g/mol. The second-order valence-corrected chi connectivity index (χ2v) is 4.60. The molecule has 0 aliphatic heterocycles. The van der Waals surface area contributed by atoms with Gasteiger partial charge in [-0.05, 0) is 41.7 Å². The zero-order valence-corrected chi connectivity index (χ0v) is 11.8. The number of thiocarbonyl (C=S) groups is 1. The summed E-state index contributed by atoms with van der Waals surface area (Å²) in [6.07, 6.45) is 0.653. The van der Waals surface area contributed by atoms with Crippen LogP contribution >= 0.6 is 12.2 Å². The average Bonchev–Trinajstić information content (AvgIpc) is 2.88. The minimum Gasteiger partial charge on any atom is -0.487 e. The number of aromatic nitrogens is 4. The number of hydrogen-bond acceptors (Lipinski definition) is 5. The Hall–Kier alpha value is -1.82. The Bertz CT molecular complexity index is 541. The number of benzene rings is 1. The fourth-order valence-electron chi connectivity index (χ4n) is 1.74. The van der Waals surface area contributed by atoms with Crippen molar-refractivity contribution in [2.45, 2.75) is 20.3 Å². The molecule has 0 amide bonds. The summed E-state index contributed by atoms with van der Waals surface area (Å²) in [6.45, 7) is 4.53. The van der Waals surface area contributed by atoms with Crippen molar-refractivity contribution in [2.24, 2.45) is 5.92 Å². The van der Waals surface area contributed by atoms with Crippen LogP contribution in [0.3, 0.4) is 0 Å². The lowest BCUT2D eigenvalue weighted by Crippen LogP contribution is -2.17. The van der Waals surface area contributed by atoms with Gasteiger partial charge in [-0.2, -0.15) is 4.68 Å². The van der Waals surface area contributed by atoms with Crippen LogP contribution in [-0.4, -0.2) is 31.9 Å². The van der Waals surface area contributed by atoms with Gasteiger partial charge in [0, 0.05) is 12.3 Å². The Balaban J connectivity index is 2.15. The van der Waals surface area contributed by atoms with Crippen molar-refractivity contribution in [3.63, 3.8) is 0 Å². The summed E-state index contributed by atoms with van der Waals surface area (Å²) in [7, 11) is 0. The number of nitrogens with zero attached hydrogens (tertiary/aromatic N) is 4. The third kappa shape index (κ3) is 3.35. The van der Waals surface area contributed by atoms with E-state index in [-0.39, 0.29) is 5.92 Å². The van der Waals surface area contributed by atoms with Crippen LogP contribution in [0.5, 0.6) is 0 Å². The van der Waals surface area contributed by atoms with Gasteiger partial charge in [0.15, 0.2) is 10.9 Å². The molecule has 100 valence electrons. The second kappa shape index (κ2) is 6.38. The lowest BCUT2D eigenvalue weighted by Gasteiger charge is -2.12. The van der Waals surface area contributed by atoms with Crippen LogP contribution in [0.1, 0.15) is 19.7 Å². The molecule has 0 spiro atoms. The van der Waals surface area contributed by atoms with Crippen molar-refractivity contribution in [3.8, 4) is 5.69 Å². The second-order valence-electron chi connectivity index (χ2n) is 4.20. The lowest BCUT2D eigenvalue weighted by molar-refractivity contribution is 0.312. The first-order valence-corrected chi connectivity index (χ1v) is 6.62. The van der Waals surface area contributed by atoms with Crippen LogP contribution in [0.15, 0.2) is 30.3 Å². The predicted molar refractivity (Wildman–Crippen MR) is 76.2 cm³/mol. The maximum atomic E-state index is 5.35. The molecule has 0 bridgehead atoms. The van der Waals surface area contributed by atoms with Gasteiger partial charge in [0.25, 0.3) is 0 Å². The Morgan fingerprint density at radius 2 is 2.11 bits per heavy atom. The maximum absolute atomic E-state index is 5.35. The number of hydrogen-bond donors (Lipinski definition) is 0. The van der Waals surface area contributed by atoms with Crippen LogP contribution in [0.2, 0.25) is 0 Å². The Labute approximate surface area is 117 Å². The first-order chi connectivity index (χ1) is 9.22. The van der Waals surface area contributed by atoms with Crippen LogP contribution < -0.4 is 0 Å². The summed E-state index contributed by atoms with van der Waals surface area (Å²) >= 11 is 5.21. The van der Waals surface area contributed by atoms with Crippen molar-refractivity contribution in [2.75, 3.05) is 6.61 Å². The normalized spacial score (nSPS) is 12.1. The van der Waals surface area contributed by atoms with Crippen LogP contribution in [0.4, 0.5) is 0 Å². The third-order valence-corrected chi connectivity index (χ3v) is 3.23. The molecule has 5 nitrogen and oxygen atoms in total. The van der Waals surface area contributed by atoms with Gasteiger partial charge >= 0.3 is 0 Å². The Kier molecular flexibility index (Phi) is 4.57. The molecule has 0 N–H and O–H groups in total. The molecular formula is C13H16N4OS. The summed E-state index contributed by atoms with van der Waals surface area (Å²) in [4.78, 5) is 0. The SMILES string of the molecule is CCOC(=S)C(C)Cc1nnnn1-c1ccccc1. The molecule has 0 aliphatic rings. The van der Waals surface area contributed by atoms with Gasteiger partial charge < -0.3 is 4.74 Å². The third-order valence-electron chi connectivity index (χ3n) is 2.71. The number of rotatable bonds is 5. The van der Waals surface area contributed by atoms with E-state index in [2.05, 4.69) is 15.5 Å². The molecule has 0 saturated carbocycles. The van der Waals surface area contributed by atoms with Crippen molar-refractivity contribution in [1.82, 2.24) is 20.2 Å². The van der Waals surface area contributed by atoms with Crippen LogP contribution in [0.25, 0.3) is 5.69 Å². The van der Waals surface area contributed by atoms with E-state index in [9.17, 15) is 0 Å². The molecule has 1 unspecified atom stereocenters. The number of tetrazole rings is 1. The van der Waals surface area contributed by atoms with Crippen LogP contribution in [-0.2, 0) is 11.2 Å². The smallest absolute Gasteiger partial charge is 0.162 e. The van der Waals surface area contributed by atoms with Crippen molar-refractivity contribution in [3.05, 3.63) is 36.2 Å². The highest BCUT2D eigenvalue weighted by Crippen LogP contribution is 2.12. The largest absolute Gasteiger partial charge is 0.487 e. The van der Waals surface area contributed by atoms with Crippen molar-refractivity contribution >= 4 is 17.3 Å². The summed E-state index contributed by atoms with van der Waals surface area (Å²) in [5.41, 5.74) is 0.942. The lowest BCUT2D eigenvalue weighted by atomic mass is 10.1. The molecule has 6 heteroatoms. The fraction of sp³-hybridized carbons (Fsp3) is 0.385. The van der Waals surface area contributed by atoms with E-state index < -0.39 is 0 Å². The van der Waals surface area contributed by atoms with Gasteiger partial charge in [-0.15, -0.1) is 5.10 Å². The minimum absolute atomic E-state index is 0.100. The van der Waals surface area contributed by atoms with E-state index in [0.717, 1.165) is 11.5 Å². The Morgan fingerprint density at radius 3 is 2.79 bits per heavy atom. The molecule has 1 aromatic carbocycles. The standard InChI is InChI=1S/C13H16N4OS/c1-3-18-13(19)10(2)9-12-14-15-16-17(12)11-7-5-4-6-8-11/h4-8,10H,3,9H2,1-2H3. The summed E-state index contributed by atoms with van der Waals surface area (Å²) < 4.78 is 7.08. The van der Waals surface area contributed by atoms with E-state index >= 15 is 0 Å². The van der Waals surface area contributed by atoms with E-state index in [1.54, 1.807) is 4.68 Å². The van der Waals surface area contributed by atoms with Gasteiger partial charge in [-0.3, -0.25) is 0 Å². The molecule has 1 aromatic heterocycles. The van der Waals surface area contributed by atoms with E-state index in [1.165, 1.54) is 0 Å². The highest BCUT2D eigenvalue weighted by atomic mass is 32.1. The summed E-state index contributed by atoms with van der Waals surface area (Å²) in [5.74, 6) is 0.879. The highest BCUT2D eigenvalue weighted by Gasteiger charge is 2.16. The van der Waals surface area contributed by atoms with Crippen LogP contribution in [0, 0.1) is 5.92 Å². The zero-order chi connectivity index (χ0) is 13.7. The van der Waals surface area contributed by atoms with E-state index in [4.69, 9.17) is 17.0 Å². The van der Waals surface area contributed by atoms with Gasteiger partial charge in [-0.25, -0.2) is 0 Å². The quantitative estimate of drug-likeness (QED) is 0.784. The predicted octanol–water partition coefficient (Wildman–Crippen LogP) is 2.20. The monoisotopic (exact) mass is 276 g/mol. The highest BCUT2D eigenvalue weighted by molar-refractivity contribution is 7.80. The molecule has 1 atom stereocenters. The topological polar surface area (TPSA) is 52.8 Å². The van der Waals surface area contributed by atoms with Gasteiger partial charge in [0.05, 0.1) is 12.3 Å². The van der Waals surface area contributed by atoms with Crippen molar-refractivity contribution in [1.29, 1.82) is 0 Å². The molecule has 0 fully saturated rings. The van der Waals surface area contributed by atoms with E-state index in [1.807, 2.05) is 44.2 Å². The molecule has 0 aliphatic carbocycles. The molecule has 2 rings (SSSR count). The number of para-hydroxylation sites is 1. The first-order valence-electron chi connectivity index (χ1n) is 6.21. The fourth-order valence-corrected chi connectivity index (χ4v) is 1.95. The molecular weight excluding hydrogens is 260 g/mol. The molecule has 19 heavy (non-hydrogen) atoms. The van der Waals surface area contributed by atoms with Gasteiger partial charge in [0.2, 0.25) is 0 Å². The minimum atomic E-state index is 0.100. The molecule has 0 radical (unpaired) electrons. The summed E-state index contributed by atoms with van der Waals surface area (Å²) in [5, 5.41) is 12.4. The molecule has 1 heterocycles. The van der Waals surface area contributed by atoms with Gasteiger partial charge in [0.1, 0.15) is 0 Å². The first kappa shape index (κ1) is 13.6. The zero-order valence-electron chi connectivity index (χ0n) is 11.0. The number of ether oxygens (including phenoxy) is 1.